The van der Waals surface area contributed by atoms with Crippen molar-refractivity contribution in [3.05, 3.63) is 71.0 Å². The molecule has 0 aliphatic carbocycles. The smallest absolute Gasteiger partial charge is 0.265 e. The van der Waals surface area contributed by atoms with Gasteiger partial charge in [0.15, 0.2) is 6.10 Å². The van der Waals surface area contributed by atoms with E-state index in [0.29, 0.717) is 16.5 Å². The van der Waals surface area contributed by atoms with Crippen molar-refractivity contribution in [2.45, 2.75) is 31.8 Å². The molecule has 2 N–H and O–H groups in total. The molecule has 3 aromatic rings. The van der Waals surface area contributed by atoms with Crippen LogP contribution in [0, 0.1) is 13.8 Å². The molecule has 8 nitrogen and oxygen atoms in total. The van der Waals surface area contributed by atoms with Crippen LogP contribution >= 0.6 is 11.6 Å². The van der Waals surface area contributed by atoms with Crippen LogP contribution in [0.3, 0.4) is 0 Å². The number of rotatable bonds is 7. The van der Waals surface area contributed by atoms with Crippen molar-refractivity contribution in [2.75, 3.05) is 10.0 Å². The first-order chi connectivity index (χ1) is 14.7. The third-order valence-electron chi connectivity index (χ3n) is 4.32. The Labute approximate surface area is 185 Å². The van der Waals surface area contributed by atoms with Crippen LogP contribution in [-0.2, 0) is 14.8 Å². The number of aromatic nitrogens is 2. The van der Waals surface area contributed by atoms with Crippen LogP contribution in [0.1, 0.15) is 18.1 Å². The van der Waals surface area contributed by atoms with Gasteiger partial charge in [0.1, 0.15) is 5.75 Å². The second kappa shape index (κ2) is 9.32. The summed E-state index contributed by atoms with van der Waals surface area (Å²) in [7, 11) is -3.85. The third kappa shape index (κ3) is 5.71. The number of amides is 1. The number of nitrogens with one attached hydrogen (secondary N) is 2. The van der Waals surface area contributed by atoms with Crippen molar-refractivity contribution < 1.29 is 17.9 Å². The van der Waals surface area contributed by atoms with Crippen LogP contribution in [0.15, 0.2) is 59.8 Å². The zero-order chi connectivity index (χ0) is 22.6. The minimum Gasteiger partial charge on any atom is -0.481 e. The largest absolute Gasteiger partial charge is 0.481 e. The molecule has 31 heavy (non-hydrogen) atoms. The normalized spacial score (nSPS) is 12.1. The molecular weight excluding hydrogens is 440 g/mol. The molecule has 1 amide bonds. The van der Waals surface area contributed by atoms with Crippen LogP contribution < -0.4 is 14.8 Å². The lowest BCUT2D eigenvalue weighted by Gasteiger charge is -2.16. The fraction of sp³-hybridized carbons (Fsp3) is 0.190. The zero-order valence-corrected chi connectivity index (χ0v) is 18.7. The lowest BCUT2D eigenvalue weighted by molar-refractivity contribution is -0.122. The first-order valence-corrected chi connectivity index (χ1v) is 11.2. The summed E-state index contributed by atoms with van der Waals surface area (Å²) in [5, 5.41) is 3.36. The number of anilines is 2. The number of hydrogen-bond acceptors (Lipinski definition) is 6. The quantitative estimate of drug-likeness (QED) is 0.552. The second-order valence-electron chi connectivity index (χ2n) is 6.82. The van der Waals surface area contributed by atoms with Gasteiger partial charge in [-0.25, -0.2) is 23.1 Å². The predicted octanol–water partition coefficient (Wildman–Crippen LogP) is 3.95. The summed E-state index contributed by atoms with van der Waals surface area (Å²) >= 11 is 6.16. The van der Waals surface area contributed by atoms with E-state index in [0.717, 1.165) is 11.1 Å². The van der Waals surface area contributed by atoms with Crippen molar-refractivity contribution in [2.24, 2.45) is 0 Å². The molecule has 1 aromatic heterocycles. The summed E-state index contributed by atoms with van der Waals surface area (Å²) in [6.45, 7) is 5.35. The van der Waals surface area contributed by atoms with Gasteiger partial charge in [-0.1, -0.05) is 11.6 Å². The van der Waals surface area contributed by atoms with Gasteiger partial charge >= 0.3 is 0 Å². The fourth-order valence-corrected chi connectivity index (χ4v) is 3.79. The van der Waals surface area contributed by atoms with Gasteiger partial charge in [0.05, 0.1) is 4.90 Å². The van der Waals surface area contributed by atoms with Gasteiger partial charge < -0.3 is 10.1 Å². The van der Waals surface area contributed by atoms with Crippen LogP contribution in [0.25, 0.3) is 0 Å². The summed E-state index contributed by atoms with van der Waals surface area (Å²) in [6.07, 6.45) is 2.08. The Balaban J connectivity index is 1.64. The molecule has 2 aromatic carbocycles. The number of carbonyl (C=O) groups excluding carboxylic acids is 1. The first kappa shape index (κ1) is 22.5. The van der Waals surface area contributed by atoms with Crippen LogP contribution in [0.2, 0.25) is 5.02 Å². The number of aryl methyl sites for hydroxylation is 2. The van der Waals surface area contributed by atoms with Crippen LogP contribution in [0.5, 0.6) is 5.75 Å². The minimum atomic E-state index is -3.85. The maximum absolute atomic E-state index is 12.5. The third-order valence-corrected chi connectivity index (χ3v) is 6.26. The lowest BCUT2D eigenvalue weighted by atomic mass is 10.1. The zero-order valence-electron chi connectivity index (χ0n) is 17.1. The van der Waals surface area contributed by atoms with Gasteiger partial charge in [-0.05, 0) is 74.4 Å². The molecule has 1 unspecified atom stereocenters. The summed E-state index contributed by atoms with van der Waals surface area (Å²) in [5.74, 6) is 0.132. The van der Waals surface area contributed by atoms with Crippen molar-refractivity contribution in [3.63, 3.8) is 0 Å². The number of hydrogen-bond donors (Lipinski definition) is 2. The van der Waals surface area contributed by atoms with E-state index in [4.69, 9.17) is 16.3 Å². The van der Waals surface area contributed by atoms with Gasteiger partial charge in [0.2, 0.25) is 5.95 Å². The molecule has 0 saturated heterocycles. The van der Waals surface area contributed by atoms with E-state index < -0.39 is 16.1 Å². The molecule has 0 saturated carbocycles. The molecule has 0 fully saturated rings. The van der Waals surface area contributed by atoms with Gasteiger partial charge in [-0.3, -0.25) is 4.79 Å². The molecule has 0 radical (unpaired) electrons. The maximum Gasteiger partial charge on any atom is 0.265 e. The lowest BCUT2D eigenvalue weighted by Crippen LogP contribution is -2.30. The van der Waals surface area contributed by atoms with E-state index in [-0.39, 0.29) is 16.8 Å². The predicted molar refractivity (Wildman–Crippen MR) is 119 cm³/mol. The minimum absolute atomic E-state index is 0.00867. The Hall–Kier alpha value is -3.17. The molecule has 0 aliphatic heterocycles. The maximum atomic E-state index is 12.5. The molecule has 162 valence electrons. The van der Waals surface area contributed by atoms with Crippen LogP contribution in [0.4, 0.5) is 11.6 Å². The van der Waals surface area contributed by atoms with E-state index in [9.17, 15) is 13.2 Å². The fourth-order valence-electron chi connectivity index (χ4n) is 2.72. The molecule has 10 heteroatoms. The van der Waals surface area contributed by atoms with Gasteiger partial charge in [0.25, 0.3) is 15.9 Å². The molecule has 1 heterocycles. The van der Waals surface area contributed by atoms with E-state index in [1.807, 2.05) is 13.8 Å². The number of benzene rings is 2. The Morgan fingerprint density at radius 1 is 1.06 bits per heavy atom. The van der Waals surface area contributed by atoms with Crippen molar-refractivity contribution in [1.82, 2.24) is 9.97 Å². The summed E-state index contributed by atoms with van der Waals surface area (Å²) < 4.78 is 32.8. The monoisotopic (exact) mass is 460 g/mol. The number of sulfonamides is 1. The van der Waals surface area contributed by atoms with E-state index in [1.54, 1.807) is 25.1 Å². The second-order valence-corrected chi connectivity index (χ2v) is 8.88. The molecule has 0 aliphatic rings. The van der Waals surface area contributed by atoms with Gasteiger partial charge in [0, 0.05) is 23.1 Å². The highest BCUT2D eigenvalue weighted by Gasteiger charge is 2.18. The molecular formula is C21H21ClN4O4S. The van der Waals surface area contributed by atoms with Crippen LogP contribution in [-0.4, -0.2) is 30.4 Å². The highest BCUT2D eigenvalue weighted by molar-refractivity contribution is 7.92. The number of nitrogens with zero attached hydrogens (tertiary/aromatic N) is 2. The molecule has 0 bridgehead atoms. The van der Waals surface area contributed by atoms with Crippen molar-refractivity contribution in [1.29, 1.82) is 0 Å². The van der Waals surface area contributed by atoms with Gasteiger partial charge in [-0.2, -0.15) is 0 Å². The van der Waals surface area contributed by atoms with Gasteiger partial charge in [-0.15, -0.1) is 0 Å². The Kier molecular flexibility index (Phi) is 6.77. The Morgan fingerprint density at radius 2 is 1.65 bits per heavy atom. The SMILES string of the molecule is Cc1cc(OC(C)C(=O)Nc2ccc(S(=O)(=O)Nc3ncccn3)cc2)cc(C)c1Cl. The Morgan fingerprint density at radius 3 is 2.23 bits per heavy atom. The molecule has 0 spiro atoms. The molecule has 1 atom stereocenters. The standard InChI is InChI=1S/C21H21ClN4O4S/c1-13-11-17(12-14(2)19(13)22)30-15(3)20(27)25-16-5-7-18(8-6-16)31(28,29)26-21-23-9-4-10-24-21/h4-12,15H,1-3H3,(H,25,27)(H,23,24,26). The van der Waals surface area contributed by atoms with Crippen molar-refractivity contribution >= 4 is 39.2 Å². The van der Waals surface area contributed by atoms with E-state index in [2.05, 4.69) is 20.0 Å². The first-order valence-electron chi connectivity index (χ1n) is 9.30. The number of ether oxygens (including phenoxy) is 1. The highest BCUT2D eigenvalue weighted by atomic mass is 35.5. The van der Waals surface area contributed by atoms with E-state index >= 15 is 0 Å². The molecule has 3 rings (SSSR count). The Bertz CT molecular complexity index is 1160. The number of halogens is 1. The topological polar surface area (TPSA) is 110 Å². The summed E-state index contributed by atoms with van der Waals surface area (Å²) in [4.78, 5) is 20.1. The highest BCUT2D eigenvalue weighted by Crippen LogP contribution is 2.26. The van der Waals surface area contributed by atoms with Crippen molar-refractivity contribution in [3.8, 4) is 5.75 Å². The average Bonchev–Trinajstić information content (AvgIpc) is 2.72. The number of carbonyl (C=O) groups is 1. The summed E-state index contributed by atoms with van der Waals surface area (Å²) in [6, 6.07) is 10.8. The summed E-state index contributed by atoms with van der Waals surface area (Å²) in [5.41, 5.74) is 2.14. The average molecular weight is 461 g/mol. The van der Waals surface area contributed by atoms with E-state index in [1.165, 1.54) is 36.7 Å².